The molecule has 0 bridgehead atoms. The molecule has 1 aliphatic carbocycles. The van der Waals surface area contributed by atoms with Gasteiger partial charge in [-0.3, -0.25) is 9.59 Å². The van der Waals surface area contributed by atoms with Crippen molar-refractivity contribution >= 4 is 11.8 Å². The summed E-state index contributed by atoms with van der Waals surface area (Å²) in [5.74, 6) is -1.38. The van der Waals surface area contributed by atoms with Crippen LogP contribution < -0.4 is 0 Å². The Bertz CT molecular complexity index is 199. The Balaban J connectivity index is 2.66. The Morgan fingerprint density at radius 2 is 2.42 bits per heavy atom. The summed E-state index contributed by atoms with van der Waals surface area (Å²) >= 11 is 0. The number of methoxy groups -OCH3 is 1. The van der Waals surface area contributed by atoms with E-state index >= 15 is 0 Å². The molecule has 1 saturated carbocycles. The molecule has 0 aromatic heterocycles. The van der Waals surface area contributed by atoms with Gasteiger partial charge >= 0.3 is 5.97 Å². The predicted octanol–water partition coefficient (Wildman–Crippen LogP) is -0.253. The number of aliphatic hydroxyl groups is 1. The first-order valence-electron chi connectivity index (χ1n) is 3.92. The third-order valence-corrected chi connectivity index (χ3v) is 2.30. The normalized spacial score (nSPS) is 29.0. The molecule has 0 spiro atoms. The van der Waals surface area contributed by atoms with Crippen molar-refractivity contribution in [1.29, 1.82) is 0 Å². The number of aliphatic hydroxyl groups excluding tert-OH is 1. The number of carbonyl (C=O) groups excluding carboxylic acids is 2. The van der Waals surface area contributed by atoms with E-state index in [4.69, 9.17) is 5.11 Å². The SMILES string of the molecule is COC(=O)[C@H]1CCC(=O)[C@@H]1CO. The molecule has 0 radical (unpaired) electrons. The van der Waals surface area contributed by atoms with Crippen LogP contribution in [0.5, 0.6) is 0 Å². The topological polar surface area (TPSA) is 63.6 Å². The van der Waals surface area contributed by atoms with Gasteiger partial charge in [0.25, 0.3) is 0 Å². The number of hydrogen-bond donors (Lipinski definition) is 1. The van der Waals surface area contributed by atoms with Crippen LogP contribution in [0.2, 0.25) is 0 Å². The quantitative estimate of drug-likeness (QED) is 0.583. The summed E-state index contributed by atoms with van der Waals surface area (Å²) in [6, 6.07) is 0. The van der Waals surface area contributed by atoms with Crippen molar-refractivity contribution in [2.24, 2.45) is 11.8 Å². The van der Waals surface area contributed by atoms with E-state index in [2.05, 4.69) is 4.74 Å². The maximum absolute atomic E-state index is 11.1. The predicted molar refractivity (Wildman–Crippen MR) is 40.3 cm³/mol. The van der Waals surface area contributed by atoms with Crippen molar-refractivity contribution in [2.75, 3.05) is 13.7 Å². The Morgan fingerprint density at radius 3 is 2.92 bits per heavy atom. The van der Waals surface area contributed by atoms with E-state index in [0.29, 0.717) is 12.8 Å². The van der Waals surface area contributed by atoms with Gasteiger partial charge in [-0.05, 0) is 6.42 Å². The van der Waals surface area contributed by atoms with Gasteiger partial charge in [0.2, 0.25) is 0 Å². The standard InChI is InChI=1S/C8H12O4/c1-12-8(11)5-2-3-7(10)6(5)4-9/h5-6,9H,2-4H2,1H3/t5-,6+/m0/s1. The molecule has 4 heteroatoms. The molecule has 0 aromatic carbocycles. The lowest BCUT2D eigenvalue weighted by molar-refractivity contribution is -0.148. The van der Waals surface area contributed by atoms with Gasteiger partial charge in [0.1, 0.15) is 5.78 Å². The van der Waals surface area contributed by atoms with Crippen LogP contribution in [0.3, 0.4) is 0 Å². The molecule has 1 fully saturated rings. The monoisotopic (exact) mass is 172 g/mol. The first-order valence-corrected chi connectivity index (χ1v) is 3.92. The minimum absolute atomic E-state index is 0.0344. The van der Waals surface area contributed by atoms with Crippen molar-refractivity contribution in [3.8, 4) is 0 Å². The van der Waals surface area contributed by atoms with E-state index in [0.717, 1.165) is 0 Å². The summed E-state index contributed by atoms with van der Waals surface area (Å²) in [5.41, 5.74) is 0. The molecule has 1 rings (SSSR count). The highest BCUT2D eigenvalue weighted by atomic mass is 16.5. The minimum Gasteiger partial charge on any atom is -0.469 e. The number of ketones is 1. The van der Waals surface area contributed by atoms with Crippen molar-refractivity contribution < 1.29 is 19.4 Å². The fraction of sp³-hybridized carbons (Fsp3) is 0.750. The average Bonchev–Trinajstić information content (AvgIpc) is 2.45. The Hall–Kier alpha value is -0.900. The highest BCUT2D eigenvalue weighted by molar-refractivity contribution is 5.90. The van der Waals surface area contributed by atoms with Crippen LogP contribution in [0.15, 0.2) is 0 Å². The molecule has 0 heterocycles. The molecule has 0 saturated heterocycles. The summed E-state index contributed by atoms with van der Waals surface area (Å²) in [6.07, 6.45) is 0.891. The number of rotatable bonds is 2. The molecule has 0 aromatic rings. The van der Waals surface area contributed by atoms with Gasteiger partial charge in [-0.1, -0.05) is 0 Å². The molecule has 0 aliphatic heterocycles. The fourth-order valence-corrected chi connectivity index (χ4v) is 1.57. The Morgan fingerprint density at radius 1 is 1.75 bits per heavy atom. The number of ether oxygens (including phenoxy) is 1. The number of Topliss-reactive ketones (excluding diaryl/α,β-unsaturated/α-hetero) is 1. The van der Waals surface area contributed by atoms with Crippen LogP contribution in [0.25, 0.3) is 0 Å². The molecule has 4 nitrogen and oxygen atoms in total. The summed E-state index contributed by atoms with van der Waals surface area (Å²) in [5, 5.41) is 8.82. The zero-order valence-electron chi connectivity index (χ0n) is 6.95. The number of hydrogen-bond acceptors (Lipinski definition) is 4. The van der Waals surface area contributed by atoms with Crippen molar-refractivity contribution in [2.45, 2.75) is 12.8 Å². The van der Waals surface area contributed by atoms with E-state index in [1.165, 1.54) is 7.11 Å². The number of carbonyl (C=O) groups is 2. The van der Waals surface area contributed by atoms with Gasteiger partial charge in [-0.15, -0.1) is 0 Å². The van der Waals surface area contributed by atoms with E-state index in [9.17, 15) is 9.59 Å². The third-order valence-electron chi connectivity index (χ3n) is 2.30. The fourth-order valence-electron chi connectivity index (χ4n) is 1.57. The van der Waals surface area contributed by atoms with Gasteiger partial charge < -0.3 is 9.84 Å². The van der Waals surface area contributed by atoms with Crippen molar-refractivity contribution in [3.63, 3.8) is 0 Å². The second-order valence-corrected chi connectivity index (χ2v) is 2.92. The lowest BCUT2D eigenvalue weighted by Crippen LogP contribution is -2.26. The molecule has 1 N–H and O–H groups in total. The lowest BCUT2D eigenvalue weighted by Gasteiger charge is -2.12. The summed E-state index contributed by atoms with van der Waals surface area (Å²) in [6.45, 7) is -0.251. The smallest absolute Gasteiger partial charge is 0.309 e. The lowest BCUT2D eigenvalue weighted by atomic mass is 9.97. The van der Waals surface area contributed by atoms with Crippen LogP contribution in [0, 0.1) is 11.8 Å². The second-order valence-electron chi connectivity index (χ2n) is 2.92. The van der Waals surface area contributed by atoms with Crippen molar-refractivity contribution in [3.05, 3.63) is 0 Å². The van der Waals surface area contributed by atoms with Gasteiger partial charge in [0.15, 0.2) is 0 Å². The van der Waals surface area contributed by atoms with Crippen molar-refractivity contribution in [1.82, 2.24) is 0 Å². The third kappa shape index (κ3) is 1.48. The zero-order valence-corrected chi connectivity index (χ0v) is 6.95. The van der Waals surface area contributed by atoms with Crippen LogP contribution >= 0.6 is 0 Å². The highest BCUT2D eigenvalue weighted by Crippen LogP contribution is 2.29. The largest absolute Gasteiger partial charge is 0.469 e. The van der Waals surface area contributed by atoms with E-state index in [-0.39, 0.29) is 18.4 Å². The highest BCUT2D eigenvalue weighted by Gasteiger charge is 2.39. The van der Waals surface area contributed by atoms with Gasteiger partial charge in [-0.25, -0.2) is 0 Å². The van der Waals surface area contributed by atoms with E-state index in [1.807, 2.05) is 0 Å². The van der Waals surface area contributed by atoms with E-state index < -0.39 is 11.8 Å². The summed E-state index contributed by atoms with van der Waals surface area (Å²) in [4.78, 5) is 22.1. The average molecular weight is 172 g/mol. The summed E-state index contributed by atoms with van der Waals surface area (Å²) < 4.78 is 4.51. The van der Waals surface area contributed by atoms with Crippen LogP contribution in [-0.4, -0.2) is 30.6 Å². The maximum atomic E-state index is 11.1. The molecule has 1 aliphatic rings. The zero-order chi connectivity index (χ0) is 9.14. The Labute approximate surface area is 70.5 Å². The van der Waals surface area contributed by atoms with E-state index in [1.54, 1.807) is 0 Å². The van der Waals surface area contributed by atoms with Crippen LogP contribution in [0.1, 0.15) is 12.8 Å². The Kier molecular flexibility index (Phi) is 2.81. The van der Waals surface area contributed by atoms with Crippen LogP contribution in [-0.2, 0) is 14.3 Å². The molecular weight excluding hydrogens is 160 g/mol. The molecule has 2 atom stereocenters. The second kappa shape index (κ2) is 3.67. The summed E-state index contributed by atoms with van der Waals surface area (Å²) in [7, 11) is 1.29. The maximum Gasteiger partial charge on any atom is 0.309 e. The molecule has 0 amide bonds. The molecule has 0 unspecified atom stereocenters. The minimum atomic E-state index is -0.530. The number of esters is 1. The van der Waals surface area contributed by atoms with Gasteiger partial charge in [-0.2, -0.15) is 0 Å². The molecule has 68 valence electrons. The molecule has 12 heavy (non-hydrogen) atoms. The first kappa shape index (κ1) is 9.19. The first-order chi connectivity index (χ1) is 5.70. The van der Waals surface area contributed by atoms with Gasteiger partial charge in [0.05, 0.1) is 25.6 Å². The van der Waals surface area contributed by atoms with Crippen LogP contribution in [0.4, 0.5) is 0 Å². The van der Waals surface area contributed by atoms with Gasteiger partial charge in [0, 0.05) is 6.42 Å². The molecular formula is C8H12O4.